The first-order valence-electron chi connectivity index (χ1n) is 7.17. The highest BCUT2D eigenvalue weighted by Gasteiger charge is 2.46. The first-order chi connectivity index (χ1) is 9.00. The maximum absolute atomic E-state index is 13.4. The van der Waals surface area contributed by atoms with Gasteiger partial charge in [-0.3, -0.25) is 0 Å². The lowest BCUT2D eigenvalue weighted by molar-refractivity contribution is -0.0851. The van der Waals surface area contributed by atoms with E-state index in [4.69, 9.17) is 11.6 Å². The van der Waals surface area contributed by atoms with Crippen LogP contribution in [-0.2, 0) is 6.42 Å². The van der Waals surface area contributed by atoms with Crippen LogP contribution < -0.4 is 0 Å². The molecule has 0 aromatic heterocycles. The van der Waals surface area contributed by atoms with Crippen LogP contribution in [0, 0.1) is 16.6 Å². The number of aliphatic hydroxyl groups is 1. The van der Waals surface area contributed by atoms with Crippen molar-refractivity contribution >= 4 is 11.6 Å². The van der Waals surface area contributed by atoms with Crippen LogP contribution in [0.25, 0.3) is 0 Å². The second-order valence-electron chi connectivity index (χ2n) is 8.00. The van der Waals surface area contributed by atoms with E-state index in [1.54, 1.807) is 6.07 Å². The van der Waals surface area contributed by atoms with Crippen LogP contribution in [0.3, 0.4) is 0 Å². The maximum atomic E-state index is 13.4. The molecule has 1 N–H and O–H groups in total. The van der Waals surface area contributed by atoms with Gasteiger partial charge in [-0.1, -0.05) is 39.3 Å². The quantitative estimate of drug-likeness (QED) is 0.815. The van der Waals surface area contributed by atoms with Gasteiger partial charge in [0.1, 0.15) is 5.82 Å². The van der Waals surface area contributed by atoms with Crippen LogP contribution in [0.1, 0.15) is 52.5 Å². The molecule has 112 valence electrons. The van der Waals surface area contributed by atoms with Gasteiger partial charge in [-0.25, -0.2) is 4.39 Å². The number of benzene rings is 1. The second kappa shape index (κ2) is 4.99. The monoisotopic (exact) mass is 298 g/mol. The van der Waals surface area contributed by atoms with Crippen molar-refractivity contribution < 1.29 is 9.50 Å². The highest BCUT2D eigenvalue weighted by Crippen LogP contribution is 2.51. The summed E-state index contributed by atoms with van der Waals surface area (Å²) >= 11 is 6.14. The molecule has 1 saturated carbocycles. The van der Waals surface area contributed by atoms with Crippen LogP contribution >= 0.6 is 11.6 Å². The zero-order chi connectivity index (χ0) is 15.2. The van der Waals surface area contributed by atoms with Gasteiger partial charge in [0.15, 0.2) is 0 Å². The van der Waals surface area contributed by atoms with Crippen LogP contribution in [-0.4, -0.2) is 10.7 Å². The number of halogens is 2. The first kappa shape index (κ1) is 15.8. The smallest absolute Gasteiger partial charge is 0.123 e. The van der Waals surface area contributed by atoms with E-state index in [1.807, 2.05) is 0 Å². The minimum Gasteiger partial charge on any atom is -0.390 e. The number of hydrogen-bond acceptors (Lipinski definition) is 1. The molecule has 0 bridgehead atoms. The third-order valence-corrected chi connectivity index (χ3v) is 4.47. The van der Waals surface area contributed by atoms with Gasteiger partial charge in [-0.2, -0.15) is 0 Å². The molecule has 1 aliphatic carbocycles. The van der Waals surface area contributed by atoms with Gasteiger partial charge in [0, 0.05) is 11.4 Å². The Balaban J connectivity index is 2.28. The summed E-state index contributed by atoms with van der Waals surface area (Å²) in [6.45, 7) is 8.75. The largest absolute Gasteiger partial charge is 0.390 e. The Morgan fingerprint density at radius 1 is 1.10 bits per heavy atom. The van der Waals surface area contributed by atoms with Gasteiger partial charge < -0.3 is 5.11 Å². The van der Waals surface area contributed by atoms with Crippen LogP contribution in [0.15, 0.2) is 18.2 Å². The van der Waals surface area contributed by atoms with Crippen molar-refractivity contribution in [1.82, 2.24) is 0 Å². The summed E-state index contributed by atoms with van der Waals surface area (Å²) in [5.74, 6) is -0.303. The van der Waals surface area contributed by atoms with Gasteiger partial charge in [-0.05, 0) is 53.9 Å². The second-order valence-corrected chi connectivity index (χ2v) is 8.40. The van der Waals surface area contributed by atoms with E-state index in [0.29, 0.717) is 17.0 Å². The van der Waals surface area contributed by atoms with Crippen molar-refractivity contribution in [3.63, 3.8) is 0 Å². The lowest BCUT2D eigenvalue weighted by Crippen LogP contribution is -2.47. The molecule has 0 saturated heterocycles. The van der Waals surface area contributed by atoms with E-state index < -0.39 is 5.60 Å². The minimum atomic E-state index is -0.817. The van der Waals surface area contributed by atoms with Crippen molar-refractivity contribution in [3.8, 4) is 0 Å². The van der Waals surface area contributed by atoms with E-state index in [-0.39, 0.29) is 16.6 Å². The molecule has 1 aromatic carbocycles. The molecule has 1 nitrogen and oxygen atoms in total. The van der Waals surface area contributed by atoms with Gasteiger partial charge in [0.25, 0.3) is 0 Å². The highest BCUT2D eigenvalue weighted by atomic mass is 35.5. The van der Waals surface area contributed by atoms with E-state index >= 15 is 0 Å². The Morgan fingerprint density at radius 2 is 1.65 bits per heavy atom. The predicted octanol–water partition coefficient (Wildman–Crippen LogP) is 4.99. The third-order valence-electron chi connectivity index (χ3n) is 4.10. The van der Waals surface area contributed by atoms with Crippen molar-refractivity contribution in [2.45, 2.75) is 59.0 Å². The summed E-state index contributed by atoms with van der Waals surface area (Å²) in [6, 6.07) is 4.36. The van der Waals surface area contributed by atoms with Crippen LogP contribution in [0.4, 0.5) is 4.39 Å². The molecule has 0 amide bonds. The van der Waals surface area contributed by atoms with Crippen LogP contribution in [0.5, 0.6) is 0 Å². The lowest BCUT2D eigenvalue weighted by Gasteiger charge is -2.49. The fourth-order valence-corrected chi connectivity index (χ4v) is 4.61. The summed E-state index contributed by atoms with van der Waals surface area (Å²) < 4.78 is 13.4. The Morgan fingerprint density at radius 3 is 2.20 bits per heavy atom. The average Bonchev–Trinajstić information content (AvgIpc) is 2.17. The van der Waals surface area contributed by atoms with Gasteiger partial charge >= 0.3 is 0 Å². The normalized spacial score (nSPS) is 23.6. The molecule has 1 aliphatic rings. The standard InChI is InChI=1S/C17H24ClFO/c1-15(2)9-16(3,4)11-17(20,10-15)8-12-7-13(19)5-6-14(12)18/h5-7,20H,8-11H2,1-4H3. The Kier molecular flexibility index (Phi) is 3.94. The molecule has 2 rings (SSSR count). The van der Waals surface area contributed by atoms with Crippen LogP contribution in [0.2, 0.25) is 5.02 Å². The SMILES string of the molecule is CC1(C)CC(C)(C)CC(O)(Cc2cc(F)ccc2Cl)C1. The summed E-state index contributed by atoms with van der Waals surface area (Å²) in [7, 11) is 0. The highest BCUT2D eigenvalue weighted by molar-refractivity contribution is 6.31. The topological polar surface area (TPSA) is 20.2 Å². The van der Waals surface area contributed by atoms with Gasteiger partial charge in [0.05, 0.1) is 5.60 Å². The minimum absolute atomic E-state index is 0.0797. The number of hydrogen-bond donors (Lipinski definition) is 1. The Labute approximate surface area is 126 Å². The zero-order valence-corrected chi connectivity index (χ0v) is 13.5. The zero-order valence-electron chi connectivity index (χ0n) is 12.8. The molecule has 0 radical (unpaired) electrons. The molecule has 0 heterocycles. The molecule has 0 spiro atoms. The van der Waals surface area contributed by atoms with Crippen molar-refractivity contribution in [2.24, 2.45) is 10.8 Å². The molecular formula is C17H24ClFO. The molecule has 20 heavy (non-hydrogen) atoms. The fraction of sp³-hybridized carbons (Fsp3) is 0.647. The fourth-order valence-electron chi connectivity index (χ4n) is 4.42. The molecule has 0 aliphatic heterocycles. The molecule has 1 fully saturated rings. The molecule has 1 aromatic rings. The Bertz CT molecular complexity index is 492. The molecule has 0 atom stereocenters. The predicted molar refractivity (Wildman–Crippen MR) is 81.5 cm³/mol. The summed E-state index contributed by atoms with van der Waals surface area (Å²) in [6.07, 6.45) is 2.93. The molecule has 3 heteroatoms. The molecule has 0 unspecified atom stereocenters. The summed E-state index contributed by atoms with van der Waals surface area (Å²) in [5, 5.41) is 11.6. The Hall–Kier alpha value is -0.600. The van der Waals surface area contributed by atoms with E-state index in [2.05, 4.69) is 27.7 Å². The summed E-state index contributed by atoms with van der Waals surface area (Å²) in [4.78, 5) is 0. The van der Waals surface area contributed by atoms with Crippen molar-refractivity contribution in [1.29, 1.82) is 0 Å². The summed E-state index contributed by atoms with van der Waals surface area (Å²) in [5.41, 5.74) is 0.0395. The van der Waals surface area contributed by atoms with E-state index in [9.17, 15) is 9.50 Å². The van der Waals surface area contributed by atoms with Gasteiger partial charge in [0.2, 0.25) is 0 Å². The average molecular weight is 299 g/mol. The van der Waals surface area contributed by atoms with E-state index in [1.165, 1.54) is 12.1 Å². The third kappa shape index (κ3) is 3.73. The first-order valence-corrected chi connectivity index (χ1v) is 7.55. The van der Waals surface area contributed by atoms with Crippen molar-refractivity contribution in [2.75, 3.05) is 0 Å². The molecular weight excluding hydrogens is 275 g/mol. The van der Waals surface area contributed by atoms with E-state index in [0.717, 1.165) is 19.3 Å². The van der Waals surface area contributed by atoms with Gasteiger partial charge in [-0.15, -0.1) is 0 Å². The van der Waals surface area contributed by atoms with Crippen molar-refractivity contribution in [3.05, 3.63) is 34.6 Å². The maximum Gasteiger partial charge on any atom is 0.123 e. The number of rotatable bonds is 2. The lowest BCUT2D eigenvalue weighted by atomic mass is 9.58.